The molecule has 2 amide bonds. The number of carbonyl (C=O) groups is 1. The van der Waals surface area contributed by atoms with Gasteiger partial charge in [0.05, 0.1) is 18.8 Å². The Balaban J connectivity index is 1.79. The lowest BCUT2D eigenvalue weighted by Gasteiger charge is -2.50. The highest BCUT2D eigenvalue weighted by Crippen LogP contribution is 2.45. The van der Waals surface area contributed by atoms with Gasteiger partial charge < -0.3 is 14.8 Å². The van der Waals surface area contributed by atoms with Crippen molar-refractivity contribution >= 4 is 11.7 Å². The molecule has 2 aromatic carbocycles. The van der Waals surface area contributed by atoms with Gasteiger partial charge in [0.15, 0.2) is 5.72 Å². The summed E-state index contributed by atoms with van der Waals surface area (Å²) in [4.78, 5) is 14.4. The van der Waals surface area contributed by atoms with Crippen LogP contribution in [0.3, 0.4) is 0 Å². The number of nitrogens with one attached hydrogen (secondary N) is 1. The quantitative estimate of drug-likeness (QED) is 0.924. The third-order valence-electron chi connectivity index (χ3n) is 4.49. The fourth-order valence-electron chi connectivity index (χ4n) is 3.46. The molecule has 2 bridgehead atoms. The summed E-state index contributed by atoms with van der Waals surface area (Å²) in [5, 5.41) is 3.08. The molecule has 2 aliphatic heterocycles. The number of methoxy groups -OCH3 is 1. The molecule has 5 nitrogen and oxygen atoms in total. The number of fused-ring (bicyclic) bond motifs is 4. The molecule has 23 heavy (non-hydrogen) atoms. The second-order valence-electron chi connectivity index (χ2n) is 6.06. The minimum atomic E-state index is -0.728. The number of nitrogens with zero attached hydrogens (tertiary/aromatic N) is 1. The molecule has 0 spiro atoms. The van der Waals surface area contributed by atoms with Gasteiger partial charge in [0.25, 0.3) is 0 Å². The van der Waals surface area contributed by atoms with Crippen molar-refractivity contribution in [2.24, 2.45) is 0 Å². The van der Waals surface area contributed by atoms with Gasteiger partial charge in [-0.25, -0.2) is 4.79 Å². The molecule has 0 aromatic heterocycles. The molecule has 0 unspecified atom stereocenters. The maximum atomic E-state index is 12.7. The van der Waals surface area contributed by atoms with Crippen LogP contribution in [0.1, 0.15) is 24.9 Å². The van der Waals surface area contributed by atoms with E-state index in [1.807, 2.05) is 55.5 Å². The molecule has 1 fully saturated rings. The topological polar surface area (TPSA) is 50.8 Å². The average molecular weight is 310 g/mol. The van der Waals surface area contributed by atoms with Crippen molar-refractivity contribution in [3.63, 3.8) is 0 Å². The molecule has 0 radical (unpaired) electrons. The smallest absolute Gasteiger partial charge is 0.325 e. The van der Waals surface area contributed by atoms with Crippen molar-refractivity contribution < 1.29 is 14.3 Å². The summed E-state index contributed by atoms with van der Waals surface area (Å²) in [5.74, 6) is 1.52. The molecule has 0 saturated carbocycles. The highest BCUT2D eigenvalue weighted by atomic mass is 16.5. The number of para-hydroxylation sites is 1. The molecule has 2 heterocycles. The number of anilines is 1. The van der Waals surface area contributed by atoms with E-state index in [2.05, 4.69) is 5.32 Å². The number of amides is 2. The van der Waals surface area contributed by atoms with E-state index in [0.717, 1.165) is 17.0 Å². The number of ether oxygens (including phenoxy) is 2. The molecule has 2 aliphatic rings. The predicted molar refractivity (Wildman–Crippen MR) is 86.8 cm³/mol. The van der Waals surface area contributed by atoms with Crippen LogP contribution >= 0.6 is 0 Å². The first-order valence-corrected chi connectivity index (χ1v) is 7.63. The maximum absolute atomic E-state index is 12.7. The van der Waals surface area contributed by atoms with Crippen LogP contribution in [0, 0.1) is 0 Å². The van der Waals surface area contributed by atoms with E-state index in [1.54, 1.807) is 12.0 Å². The van der Waals surface area contributed by atoms with Crippen molar-refractivity contribution in [1.82, 2.24) is 5.32 Å². The van der Waals surface area contributed by atoms with E-state index in [9.17, 15) is 4.79 Å². The third kappa shape index (κ3) is 2.11. The van der Waals surface area contributed by atoms with Gasteiger partial charge in [-0.2, -0.15) is 0 Å². The number of carbonyl (C=O) groups excluding carboxylic acids is 1. The summed E-state index contributed by atoms with van der Waals surface area (Å²) < 4.78 is 11.5. The lowest BCUT2D eigenvalue weighted by Crippen LogP contribution is -2.65. The highest BCUT2D eigenvalue weighted by Gasteiger charge is 2.49. The normalized spacial score (nSPS) is 25.2. The van der Waals surface area contributed by atoms with Crippen LogP contribution < -0.4 is 19.7 Å². The molecule has 0 aliphatic carbocycles. The first-order valence-electron chi connectivity index (χ1n) is 7.63. The number of rotatable bonds is 2. The molecule has 4 rings (SSSR count). The van der Waals surface area contributed by atoms with E-state index in [1.165, 1.54) is 0 Å². The fourth-order valence-corrected chi connectivity index (χ4v) is 3.46. The van der Waals surface area contributed by atoms with Gasteiger partial charge in [0.2, 0.25) is 0 Å². The molecular formula is C18H18N2O3. The average Bonchev–Trinajstić information content (AvgIpc) is 2.54. The third-order valence-corrected chi connectivity index (χ3v) is 4.49. The van der Waals surface area contributed by atoms with E-state index < -0.39 is 5.72 Å². The monoisotopic (exact) mass is 310 g/mol. The van der Waals surface area contributed by atoms with Gasteiger partial charge >= 0.3 is 6.03 Å². The largest absolute Gasteiger partial charge is 0.497 e. The van der Waals surface area contributed by atoms with Crippen LogP contribution in [0.25, 0.3) is 0 Å². The molecule has 2 atom stereocenters. The fraction of sp³-hybridized carbons (Fsp3) is 0.278. The van der Waals surface area contributed by atoms with Crippen LogP contribution in [-0.2, 0) is 0 Å². The Morgan fingerprint density at radius 1 is 1.26 bits per heavy atom. The van der Waals surface area contributed by atoms with Crippen molar-refractivity contribution in [2.45, 2.75) is 25.1 Å². The summed E-state index contributed by atoms with van der Waals surface area (Å²) in [6.07, 6.45) is 0.687. The summed E-state index contributed by atoms with van der Waals surface area (Å²) in [6, 6.07) is 15.1. The van der Waals surface area contributed by atoms with E-state index in [-0.39, 0.29) is 12.1 Å². The van der Waals surface area contributed by atoms with Gasteiger partial charge in [-0.1, -0.05) is 24.3 Å². The van der Waals surface area contributed by atoms with Crippen LogP contribution in [0.15, 0.2) is 48.5 Å². The number of hydrogen-bond donors (Lipinski definition) is 1. The molecular weight excluding hydrogens is 292 g/mol. The summed E-state index contributed by atoms with van der Waals surface area (Å²) >= 11 is 0. The van der Waals surface area contributed by atoms with Gasteiger partial charge in [-0.15, -0.1) is 0 Å². The van der Waals surface area contributed by atoms with Crippen molar-refractivity contribution in [2.75, 3.05) is 12.0 Å². The van der Waals surface area contributed by atoms with Crippen LogP contribution in [0.2, 0.25) is 0 Å². The Bertz CT molecular complexity index is 776. The lowest BCUT2D eigenvalue weighted by atomic mass is 9.90. The Morgan fingerprint density at radius 2 is 2.09 bits per heavy atom. The SMILES string of the molecule is COc1cccc(N2C(=O)N[C@@H]3C[C@]2(C)Oc2ccccc23)c1. The summed E-state index contributed by atoms with van der Waals surface area (Å²) in [7, 11) is 1.61. The van der Waals surface area contributed by atoms with Gasteiger partial charge in [-0.05, 0) is 25.1 Å². The van der Waals surface area contributed by atoms with E-state index >= 15 is 0 Å². The van der Waals surface area contributed by atoms with Gasteiger partial charge in [0, 0.05) is 18.1 Å². The zero-order valence-corrected chi connectivity index (χ0v) is 13.1. The number of benzene rings is 2. The van der Waals surface area contributed by atoms with Gasteiger partial charge in [-0.3, -0.25) is 4.90 Å². The zero-order valence-electron chi connectivity index (χ0n) is 13.1. The summed E-state index contributed by atoms with van der Waals surface area (Å²) in [6.45, 7) is 1.95. The molecule has 1 saturated heterocycles. The second-order valence-corrected chi connectivity index (χ2v) is 6.06. The Labute approximate surface area is 134 Å². The lowest BCUT2D eigenvalue weighted by molar-refractivity contribution is 0.0378. The Morgan fingerprint density at radius 3 is 2.91 bits per heavy atom. The first kappa shape index (κ1) is 13.9. The minimum Gasteiger partial charge on any atom is -0.497 e. The van der Waals surface area contributed by atoms with Crippen LogP contribution in [0.5, 0.6) is 11.5 Å². The maximum Gasteiger partial charge on any atom is 0.325 e. The molecule has 5 heteroatoms. The van der Waals surface area contributed by atoms with Crippen LogP contribution in [-0.4, -0.2) is 18.9 Å². The Kier molecular flexibility index (Phi) is 2.98. The zero-order chi connectivity index (χ0) is 16.0. The van der Waals surface area contributed by atoms with Crippen molar-refractivity contribution in [3.05, 3.63) is 54.1 Å². The van der Waals surface area contributed by atoms with E-state index in [4.69, 9.17) is 9.47 Å². The minimum absolute atomic E-state index is 0.0284. The predicted octanol–water partition coefficient (Wildman–Crippen LogP) is 3.46. The Hall–Kier alpha value is -2.69. The molecule has 118 valence electrons. The molecule has 1 N–H and O–H groups in total. The van der Waals surface area contributed by atoms with Crippen molar-refractivity contribution in [1.29, 1.82) is 0 Å². The standard InChI is InChI=1S/C18H18N2O3/c1-18-11-15(14-8-3-4-9-16(14)23-18)19-17(21)20(18)12-6-5-7-13(10-12)22-2/h3-10,15H,11H2,1-2H3,(H,19,21)/t15-,18+/m1/s1. The first-order chi connectivity index (χ1) is 11.1. The highest BCUT2D eigenvalue weighted by molar-refractivity contribution is 5.95. The summed E-state index contributed by atoms with van der Waals surface area (Å²) in [5.41, 5.74) is 1.05. The number of urea groups is 1. The van der Waals surface area contributed by atoms with Crippen molar-refractivity contribution in [3.8, 4) is 11.5 Å². The van der Waals surface area contributed by atoms with Crippen LogP contribution in [0.4, 0.5) is 10.5 Å². The second kappa shape index (κ2) is 4.91. The van der Waals surface area contributed by atoms with E-state index in [0.29, 0.717) is 12.2 Å². The van der Waals surface area contributed by atoms with Gasteiger partial charge in [0.1, 0.15) is 11.5 Å². The number of hydrogen-bond acceptors (Lipinski definition) is 3. The molecule has 2 aromatic rings.